The third-order valence-corrected chi connectivity index (χ3v) is 3.08. The van der Waals surface area contributed by atoms with E-state index in [1.807, 2.05) is 0 Å². The van der Waals surface area contributed by atoms with Gasteiger partial charge in [0.25, 0.3) is 0 Å². The van der Waals surface area contributed by atoms with Gasteiger partial charge in [-0.25, -0.2) is 0 Å². The van der Waals surface area contributed by atoms with Gasteiger partial charge in [-0.2, -0.15) is 0 Å². The Balaban J connectivity index is 3.28. The monoisotopic (exact) mass is 348 g/mol. The van der Waals surface area contributed by atoms with Crippen LogP contribution in [0.15, 0.2) is 12.1 Å². The maximum absolute atomic E-state index is 11.3. The van der Waals surface area contributed by atoms with Crippen molar-refractivity contribution in [3.8, 4) is 0 Å². The first-order valence-corrected chi connectivity index (χ1v) is 5.67. The molecule has 0 fully saturated rings. The van der Waals surface area contributed by atoms with Gasteiger partial charge in [0.15, 0.2) is 5.78 Å². The fourth-order valence-corrected chi connectivity index (χ4v) is 2.22. The minimum Gasteiger partial charge on any atom is -0.293 e. The van der Waals surface area contributed by atoms with Crippen molar-refractivity contribution in [3.63, 3.8) is 0 Å². The molecule has 1 rings (SSSR count). The molecule has 0 unspecified atom stereocenters. The second-order valence-electron chi connectivity index (χ2n) is 2.31. The van der Waals surface area contributed by atoms with E-state index in [1.54, 1.807) is 12.1 Å². The van der Waals surface area contributed by atoms with Crippen LogP contribution in [0.3, 0.4) is 0 Å². The van der Waals surface area contributed by atoms with Gasteiger partial charge in [-0.1, -0.05) is 23.2 Å². The van der Waals surface area contributed by atoms with Crippen molar-refractivity contribution in [1.82, 2.24) is 0 Å². The molecule has 0 heterocycles. The Morgan fingerprint density at radius 1 is 1.38 bits per heavy atom. The van der Waals surface area contributed by atoms with Crippen LogP contribution in [0.5, 0.6) is 0 Å². The highest BCUT2D eigenvalue weighted by molar-refractivity contribution is 14.1. The molecule has 1 aromatic rings. The zero-order valence-corrected chi connectivity index (χ0v) is 10.7. The van der Waals surface area contributed by atoms with E-state index in [4.69, 9.17) is 34.8 Å². The Labute approximate surface area is 104 Å². The van der Waals surface area contributed by atoms with Gasteiger partial charge in [0.2, 0.25) is 0 Å². The van der Waals surface area contributed by atoms with E-state index in [1.165, 1.54) is 0 Å². The van der Waals surface area contributed by atoms with E-state index in [2.05, 4.69) is 22.6 Å². The van der Waals surface area contributed by atoms with Gasteiger partial charge in [0.05, 0.1) is 15.9 Å². The molecule has 0 atom stereocenters. The third-order valence-electron chi connectivity index (χ3n) is 1.41. The number of hydrogen-bond acceptors (Lipinski definition) is 1. The van der Waals surface area contributed by atoms with Crippen molar-refractivity contribution < 1.29 is 4.79 Å². The molecule has 70 valence electrons. The van der Waals surface area contributed by atoms with Crippen LogP contribution in [0.2, 0.25) is 10.0 Å². The minimum atomic E-state index is -0.216. The minimum absolute atomic E-state index is 0.0872. The van der Waals surface area contributed by atoms with Crippen LogP contribution in [0.4, 0.5) is 0 Å². The molecule has 0 aliphatic carbocycles. The van der Waals surface area contributed by atoms with Crippen LogP contribution in [-0.4, -0.2) is 11.7 Å². The van der Waals surface area contributed by atoms with Gasteiger partial charge in [-0.05, 0) is 34.7 Å². The van der Waals surface area contributed by atoms with Gasteiger partial charge >= 0.3 is 0 Å². The van der Waals surface area contributed by atoms with E-state index in [-0.39, 0.29) is 16.7 Å². The van der Waals surface area contributed by atoms with Crippen molar-refractivity contribution in [2.24, 2.45) is 0 Å². The number of hydrogen-bond donors (Lipinski definition) is 0. The molecule has 13 heavy (non-hydrogen) atoms. The average molecular weight is 349 g/mol. The molecule has 0 saturated carbocycles. The first-order valence-electron chi connectivity index (χ1n) is 3.30. The van der Waals surface area contributed by atoms with E-state index < -0.39 is 0 Å². The second kappa shape index (κ2) is 4.82. The van der Waals surface area contributed by atoms with Crippen molar-refractivity contribution in [1.29, 1.82) is 0 Å². The maximum Gasteiger partial charge on any atom is 0.179 e. The van der Waals surface area contributed by atoms with Gasteiger partial charge in [0.1, 0.15) is 0 Å². The number of alkyl halides is 1. The van der Waals surface area contributed by atoms with Gasteiger partial charge in [-0.3, -0.25) is 4.79 Å². The number of ketones is 1. The van der Waals surface area contributed by atoms with Crippen LogP contribution in [0.1, 0.15) is 10.4 Å². The summed E-state index contributed by atoms with van der Waals surface area (Å²) in [6.07, 6.45) is 0. The van der Waals surface area contributed by atoms with Crippen LogP contribution in [-0.2, 0) is 0 Å². The van der Waals surface area contributed by atoms with Gasteiger partial charge in [-0.15, -0.1) is 11.6 Å². The molecule has 0 aromatic heterocycles. The Hall–Kier alpha value is 0.490. The first-order chi connectivity index (χ1) is 6.06. The summed E-state index contributed by atoms with van der Waals surface area (Å²) in [5.74, 6) is -0.303. The predicted molar refractivity (Wildman–Crippen MR) is 64.2 cm³/mol. The molecule has 0 aliphatic rings. The second-order valence-corrected chi connectivity index (χ2v) is 4.60. The Morgan fingerprint density at radius 2 is 2.00 bits per heavy atom. The van der Waals surface area contributed by atoms with Crippen LogP contribution < -0.4 is 0 Å². The summed E-state index contributed by atoms with van der Waals surface area (Å²) in [5.41, 5.74) is 0.383. The molecule has 0 aliphatic heterocycles. The van der Waals surface area contributed by atoms with Crippen molar-refractivity contribution in [2.75, 3.05) is 5.88 Å². The van der Waals surface area contributed by atoms with Gasteiger partial charge < -0.3 is 0 Å². The number of benzene rings is 1. The summed E-state index contributed by atoms with van der Waals surface area (Å²) in [6, 6.07) is 3.36. The number of Topliss-reactive ketones (excluding diaryl/α,β-unsaturated/α-hetero) is 1. The Morgan fingerprint density at radius 3 is 2.54 bits per heavy atom. The normalized spacial score (nSPS) is 10.2. The zero-order valence-electron chi connectivity index (χ0n) is 6.28. The molecule has 1 aromatic carbocycles. The number of halogens is 4. The summed E-state index contributed by atoms with van der Waals surface area (Å²) in [7, 11) is 0. The number of carbonyl (C=O) groups is 1. The predicted octanol–water partition coefficient (Wildman–Crippen LogP) is 4.02. The molecule has 0 saturated heterocycles. The molecule has 1 nitrogen and oxygen atoms in total. The lowest BCUT2D eigenvalue weighted by molar-refractivity contribution is 0.102. The van der Waals surface area contributed by atoms with Crippen LogP contribution in [0.25, 0.3) is 0 Å². The van der Waals surface area contributed by atoms with Crippen molar-refractivity contribution in [2.45, 2.75) is 0 Å². The van der Waals surface area contributed by atoms with Crippen LogP contribution >= 0.6 is 57.4 Å². The summed E-state index contributed by atoms with van der Waals surface area (Å²) in [4.78, 5) is 11.3. The lowest BCUT2D eigenvalue weighted by atomic mass is 10.1. The Kier molecular flexibility index (Phi) is 4.29. The molecule has 0 spiro atoms. The van der Waals surface area contributed by atoms with E-state index in [0.717, 1.165) is 3.57 Å². The average Bonchev–Trinajstić information content (AvgIpc) is 2.10. The van der Waals surface area contributed by atoms with Crippen LogP contribution in [0, 0.1) is 3.57 Å². The fourth-order valence-electron chi connectivity index (χ4n) is 0.831. The number of rotatable bonds is 2. The van der Waals surface area contributed by atoms with E-state index in [9.17, 15) is 4.79 Å². The SMILES string of the molecule is O=C(CCl)c1cc(I)cc(Cl)c1Cl. The molecule has 5 heteroatoms. The summed E-state index contributed by atoms with van der Waals surface area (Å²) < 4.78 is 0.862. The summed E-state index contributed by atoms with van der Waals surface area (Å²) in [5, 5.41) is 0.648. The molecule has 0 N–H and O–H groups in total. The molecular weight excluding hydrogens is 345 g/mol. The Bertz CT molecular complexity index is 351. The highest BCUT2D eigenvalue weighted by Gasteiger charge is 2.12. The summed E-state index contributed by atoms with van der Waals surface area (Å²) in [6.45, 7) is 0. The first kappa shape index (κ1) is 11.6. The molecule has 0 amide bonds. The molecule has 0 bridgehead atoms. The summed E-state index contributed by atoms with van der Waals surface area (Å²) >= 11 is 19.1. The third kappa shape index (κ3) is 2.72. The highest BCUT2D eigenvalue weighted by atomic mass is 127. The molecular formula is C8H4Cl3IO. The standard InChI is InChI=1S/C8H4Cl3IO/c9-3-7(13)5-1-4(12)2-6(10)8(5)11/h1-2H,3H2. The number of carbonyl (C=O) groups excluding carboxylic acids is 1. The van der Waals surface area contributed by atoms with Crippen molar-refractivity contribution >= 4 is 63.2 Å². The van der Waals surface area contributed by atoms with E-state index in [0.29, 0.717) is 10.6 Å². The quantitative estimate of drug-likeness (QED) is 0.341. The lowest BCUT2D eigenvalue weighted by Crippen LogP contribution is -2.02. The highest BCUT2D eigenvalue weighted by Crippen LogP contribution is 2.28. The topological polar surface area (TPSA) is 17.1 Å². The zero-order chi connectivity index (χ0) is 10.0. The van der Waals surface area contributed by atoms with Crippen molar-refractivity contribution in [3.05, 3.63) is 31.3 Å². The smallest absolute Gasteiger partial charge is 0.179 e. The lowest BCUT2D eigenvalue weighted by Gasteiger charge is -2.03. The fraction of sp³-hybridized carbons (Fsp3) is 0.125. The largest absolute Gasteiger partial charge is 0.293 e. The maximum atomic E-state index is 11.3. The van der Waals surface area contributed by atoms with E-state index >= 15 is 0 Å². The van der Waals surface area contributed by atoms with Gasteiger partial charge in [0, 0.05) is 9.13 Å². The molecule has 0 radical (unpaired) electrons.